The average Bonchev–Trinajstić information content (AvgIpc) is 3.31. The molecule has 5 nitrogen and oxygen atoms in total. The first-order chi connectivity index (χ1) is 12.0. The average molecular weight is 408 g/mol. The molecule has 2 atom stereocenters. The number of guanidine groups is 1. The van der Waals surface area contributed by atoms with Crippen LogP contribution < -0.4 is 5.32 Å². The molecule has 2 fully saturated rings. The fourth-order valence-corrected chi connectivity index (χ4v) is 4.11. The molecule has 0 radical (unpaired) electrons. The fraction of sp³-hybridized carbons (Fsp3) is 0.579. The third-order valence-corrected chi connectivity index (χ3v) is 6.00. The van der Waals surface area contributed by atoms with Crippen molar-refractivity contribution < 1.29 is 9.53 Å². The predicted octanol–water partition coefficient (Wildman–Crippen LogP) is 2.80. The van der Waals surface area contributed by atoms with Crippen molar-refractivity contribution in [2.75, 3.05) is 33.8 Å². The summed E-state index contributed by atoms with van der Waals surface area (Å²) in [6.07, 6.45) is 2.38. The lowest BCUT2D eigenvalue weighted by Gasteiger charge is -2.24. The number of esters is 1. The summed E-state index contributed by atoms with van der Waals surface area (Å²) in [5.41, 5.74) is 1.57. The van der Waals surface area contributed by atoms with Crippen LogP contribution in [0.15, 0.2) is 33.7 Å². The van der Waals surface area contributed by atoms with Crippen LogP contribution in [-0.2, 0) is 14.9 Å². The van der Waals surface area contributed by atoms with Crippen molar-refractivity contribution in [3.63, 3.8) is 0 Å². The van der Waals surface area contributed by atoms with Gasteiger partial charge in [0.2, 0.25) is 0 Å². The Hall–Kier alpha value is -1.56. The van der Waals surface area contributed by atoms with Gasteiger partial charge in [-0.3, -0.25) is 9.79 Å². The van der Waals surface area contributed by atoms with Gasteiger partial charge in [-0.25, -0.2) is 0 Å². The van der Waals surface area contributed by atoms with Crippen molar-refractivity contribution in [1.29, 1.82) is 0 Å². The molecule has 1 aliphatic heterocycles. The van der Waals surface area contributed by atoms with Crippen molar-refractivity contribution in [2.24, 2.45) is 16.8 Å². The molecule has 0 aromatic heterocycles. The number of halogens is 1. The number of rotatable bonds is 4. The van der Waals surface area contributed by atoms with Crippen molar-refractivity contribution in [3.8, 4) is 0 Å². The lowest BCUT2D eigenvalue weighted by Crippen LogP contribution is -2.43. The van der Waals surface area contributed by atoms with Crippen molar-refractivity contribution in [3.05, 3.63) is 34.3 Å². The van der Waals surface area contributed by atoms with Crippen molar-refractivity contribution in [1.82, 2.24) is 10.2 Å². The van der Waals surface area contributed by atoms with Crippen LogP contribution in [0.4, 0.5) is 0 Å². The molecule has 1 N–H and O–H groups in total. The normalized spacial score (nSPS) is 25.0. The highest BCUT2D eigenvalue weighted by molar-refractivity contribution is 9.10. The van der Waals surface area contributed by atoms with Crippen LogP contribution in [0.5, 0.6) is 0 Å². The number of nitrogens with zero attached hydrogens (tertiary/aromatic N) is 2. The number of hydrogen-bond donors (Lipinski definition) is 1. The van der Waals surface area contributed by atoms with E-state index in [-0.39, 0.29) is 23.2 Å². The van der Waals surface area contributed by atoms with Crippen molar-refractivity contribution >= 4 is 27.9 Å². The minimum atomic E-state index is -0.127. The topological polar surface area (TPSA) is 53.9 Å². The van der Waals surface area contributed by atoms with Gasteiger partial charge >= 0.3 is 5.97 Å². The largest absolute Gasteiger partial charge is 0.469 e. The summed E-state index contributed by atoms with van der Waals surface area (Å²) in [5.74, 6) is 0.937. The van der Waals surface area contributed by atoms with Gasteiger partial charge in [0.1, 0.15) is 0 Å². The van der Waals surface area contributed by atoms with E-state index in [1.54, 1.807) is 7.05 Å². The molecule has 1 saturated heterocycles. The first kappa shape index (κ1) is 18.2. The molecule has 6 heteroatoms. The van der Waals surface area contributed by atoms with E-state index in [1.807, 2.05) is 0 Å². The Morgan fingerprint density at radius 3 is 2.80 bits per heavy atom. The third-order valence-electron chi connectivity index (χ3n) is 5.50. The van der Waals surface area contributed by atoms with Crippen LogP contribution in [0.3, 0.4) is 0 Å². The van der Waals surface area contributed by atoms with E-state index in [4.69, 9.17) is 4.74 Å². The Labute approximate surface area is 158 Å². The molecule has 1 aromatic rings. The molecule has 3 rings (SSSR count). The first-order valence-electron chi connectivity index (χ1n) is 8.78. The van der Waals surface area contributed by atoms with E-state index in [9.17, 15) is 4.79 Å². The molecule has 1 aliphatic carbocycles. The number of aliphatic imine (C=N–C) groups is 1. The molecule has 25 heavy (non-hydrogen) atoms. The number of likely N-dealkylation sites (tertiary alicyclic amines) is 1. The minimum Gasteiger partial charge on any atom is -0.469 e. The second-order valence-electron chi connectivity index (χ2n) is 7.20. The second kappa shape index (κ2) is 7.36. The number of ether oxygens (including phenoxy) is 1. The summed E-state index contributed by atoms with van der Waals surface area (Å²) >= 11 is 3.57. The number of carbonyl (C=O) groups is 1. The fourth-order valence-electron chi connectivity index (χ4n) is 3.72. The first-order valence-corrected chi connectivity index (χ1v) is 9.58. The van der Waals surface area contributed by atoms with Crippen molar-refractivity contribution in [2.45, 2.75) is 25.2 Å². The quantitative estimate of drug-likeness (QED) is 0.473. The molecule has 1 saturated carbocycles. The predicted molar refractivity (Wildman–Crippen MR) is 103 cm³/mol. The van der Waals surface area contributed by atoms with Crippen LogP contribution in [0.25, 0.3) is 0 Å². The van der Waals surface area contributed by atoms with Gasteiger partial charge in [-0.15, -0.1) is 0 Å². The summed E-state index contributed by atoms with van der Waals surface area (Å²) in [5, 5.41) is 3.54. The highest BCUT2D eigenvalue weighted by Crippen LogP contribution is 2.48. The van der Waals surface area contributed by atoms with E-state index in [0.29, 0.717) is 6.54 Å². The third kappa shape index (κ3) is 3.84. The SMILES string of the molecule is CN=C(NCC1(c2cccc(Br)c2)CC1)N1CC(C)C(C(=O)OC)C1. The summed E-state index contributed by atoms with van der Waals surface area (Å²) < 4.78 is 6.05. The number of benzene rings is 1. The molecule has 0 spiro atoms. The van der Waals surface area contributed by atoms with Crippen LogP contribution in [0, 0.1) is 11.8 Å². The van der Waals surface area contributed by atoms with E-state index >= 15 is 0 Å². The zero-order valence-corrected chi connectivity index (χ0v) is 16.7. The molecular formula is C19H26BrN3O2. The lowest BCUT2D eigenvalue weighted by molar-refractivity contribution is -0.145. The Morgan fingerprint density at radius 1 is 1.44 bits per heavy atom. The zero-order chi connectivity index (χ0) is 18.0. The minimum absolute atomic E-state index is 0.0801. The molecule has 0 amide bonds. The Bertz CT molecular complexity index is 672. The smallest absolute Gasteiger partial charge is 0.310 e. The summed E-state index contributed by atoms with van der Waals surface area (Å²) in [7, 11) is 3.26. The number of carbonyl (C=O) groups excluding carboxylic acids is 1. The van der Waals surface area contributed by atoms with Crippen LogP contribution in [0.2, 0.25) is 0 Å². The van der Waals surface area contributed by atoms with Gasteiger partial charge in [-0.2, -0.15) is 0 Å². The van der Waals surface area contributed by atoms with Crippen LogP contribution >= 0.6 is 15.9 Å². The Balaban J connectivity index is 1.63. The summed E-state index contributed by atoms with van der Waals surface area (Å²) in [6.45, 7) is 4.45. The zero-order valence-electron chi connectivity index (χ0n) is 15.1. The maximum absolute atomic E-state index is 11.9. The molecular weight excluding hydrogens is 382 g/mol. The van der Waals surface area contributed by atoms with Gasteiger partial charge in [-0.1, -0.05) is 35.0 Å². The van der Waals surface area contributed by atoms with Crippen LogP contribution in [-0.4, -0.2) is 50.6 Å². The standard InChI is InChI=1S/C19H26BrN3O2/c1-13-10-23(11-16(13)17(24)25-3)18(21-2)22-12-19(7-8-19)14-5-4-6-15(20)9-14/h4-6,9,13,16H,7-8,10-12H2,1-3H3,(H,21,22). The second-order valence-corrected chi connectivity index (χ2v) is 8.12. The summed E-state index contributed by atoms with van der Waals surface area (Å²) in [4.78, 5) is 18.5. The van der Waals surface area contributed by atoms with E-state index < -0.39 is 0 Å². The Kier molecular flexibility index (Phi) is 5.37. The molecule has 0 bridgehead atoms. The maximum atomic E-state index is 11.9. The number of methoxy groups -OCH3 is 1. The van der Waals surface area contributed by atoms with Gasteiger partial charge in [0.05, 0.1) is 13.0 Å². The lowest BCUT2D eigenvalue weighted by atomic mass is 9.96. The van der Waals surface area contributed by atoms with E-state index in [0.717, 1.165) is 23.5 Å². The maximum Gasteiger partial charge on any atom is 0.310 e. The van der Waals surface area contributed by atoms with Crippen LogP contribution in [0.1, 0.15) is 25.3 Å². The molecule has 1 aromatic carbocycles. The Morgan fingerprint density at radius 2 is 2.20 bits per heavy atom. The monoisotopic (exact) mass is 407 g/mol. The van der Waals surface area contributed by atoms with Gasteiger partial charge in [0.15, 0.2) is 5.96 Å². The van der Waals surface area contributed by atoms with Gasteiger partial charge in [0.25, 0.3) is 0 Å². The van der Waals surface area contributed by atoms with Gasteiger partial charge in [0, 0.05) is 36.6 Å². The van der Waals surface area contributed by atoms with Gasteiger partial charge in [-0.05, 0) is 36.5 Å². The number of hydrogen-bond acceptors (Lipinski definition) is 3. The van der Waals surface area contributed by atoms with Gasteiger partial charge < -0.3 is 15.0 Å². The summed E-state index contributed by atoms with van der Waals surface area (Å²) in [6, 6.07) is 8.57. The molecule has 2 aliphatic rings. The molecule has 2 unspecified atom stereocenters. The highest BCUT2D eigenvalue weighted by Gasteiger charge is 2.45. The molecule has 136 valence electrons. The van der Waals surface area contributed by atoms with E-state index in [1.165, 1.54) is 25.5 Å². The highest BCUT2D eigenvalue weighted by atomic mass is 79.9. The van der Waals surface area contributed by atoms with E-state index in [2.05, 4.69) is 62.3 Å². The number of nitrogens with one attached hydrogen (secondary N) is 1. The molecule has 1 heterocycles.